The average Bonchev–Trinajstić information content (AvgIpc) is 3.29. The maximum atomic E-state index is 13.5. The Kier molecular flexibility index (Phi) is 3.83. The fraction of sp³-hybridized carbons (Fsp3) is 0.278. The Morgan fingerprint density at radius 1 is 1.40 bits per heavy atom. The number of carbonyl (C=O) groups is 1. The van der Waals surface area contributed by atoms with Crippen LogP contribution in [0.15, 0.2) is 47.5 Å². The van der Waals surface area contributed by atoms with E-state index in [1.165, 1.54) is 12.1 Å². The van der Waals surface area contributed by atoms with Crippen molar-refractivity contribution in [3.8, 4) is 11.3 Å². The molecule has 0 bridgehead atoms. The summed E-state index contributed by atoms with van der Waals surface area (Å²) in [5.74, 6) is 0.445. The van der Waals surface area contributed by atoms with E-state index in [0.717, 1.165) is 11.3 Å². The summed E-state index contributed by atoms with van der Waals surface area (Å²) in [5, 5.41) is 4.10. The van der Waals surface area contributed by atoms with E-state index in [9.17, 15) is 9.18 Å². The molecule has 1 aliphatic heterocycles. The lowest BCUT2D eigenvalue weighted by atomic mass is 10.0. The molecule has 25 heavy (non-hydrogen) atoms. The number of carbonyl (C=O) groups excluding carboxylic acids is 1. The molecule has 1 unspecified atom stereocenters. The van der Waals surface area contributed by atoms with Gasteiger partial charge in [-0.3, -0.25) is 4.79 Å². The Morgan fingerprint density at radius 3 is 3.04 bits per heavy atom. The van der Waals surface area contributed by atoms with Crippen LogP contribution in [0.2, 0.25) is 0 Å². The molecule has 0 aliphatic carbocycles. The third-order valence-electron chi connectivity index (χ3n) is 4.57. The number of amides is 1. The highest BCUT2D eigenvalue weighted by Gasteiger charge is 2.30. The molecule has 1 aliphatic rings. The summed E-state index contributed by atoms with van der Waals surface area (Å²) >= 11 is 0. The van der Waals surface area contributed by atoms with Crippen LogP contribution >= 0.6 is 0 Å². The summed E-state index contributed by atoms with van der Waals surface area (Å²) in [5.41, 5.74) is 2.10. The lowest BCUT2D eigenvalue weighted by Crippen LogP contribution is -2.39. The van der Waals surface area contributed by atoms with E-state index in [-0.39, 0.29) is 17.8 Å². The van der Waals surface area contributed by atoms with Gasteiger partial charge in [0, 0.05) is 36.5 Å². The number of fused-ring (bicyclic) bond motifs is 1. The van der Waals surface area contributed by atoms with E-state index < -0.39 is 0 Å². The summed E-state index contributed by atoms with van der Waals surface area (Å²) in [6.45, 7) is 2.83. The summed E-state index contributed by atoms with van der Waals surface area (Å²) in [4.78, 5) is 18.6. The first-order valence-electron chi connectivity index (χ1n) is 8.13. The monoisotopic (exact) mass is 340 g/mol. The van der Waals surface area contributed by atoms with Gasteiger partial charge in [0.2, 0.25) is 5.91 Å². The Hall–Kier alpha value is -2.96. The predicted molar refractivity (Wildman–Crippen MR) is 88.0 cm³/mol. The van der Waals surface area contributed by atoms with Gasteiger partial charge in [-0.1, -0.05) is 17.3 Å². The zero-order valence-corrected chi connectivity index (χ0v) is 13.7. The molecule has 0 saturated carbocycles. The topological polar surface area (TPSA) is 64.2 Å². The van der Waals surface area contributed by atoms with Gasteiger partial charge >= 0.3 is 0 Å². The summed E-state index contributed by atoms with van der Waals surface area (Å²) in [6, 6.07) is 5.90. The molecular weight excluding hydrogens is 323 g/mol. The molecule has 128 valence electrons. The van der Waals surface area contributed by atoms with Crippen LogP contribution < -0.4 is 0 Å². The second-order valence-corrected chi connectivity index (χ2v) is 6.14. The maximum absolute atomic E-state index is 13.5. The zero-order valence-electron chi connectivity index (χ0n) is 13.7. The van der Waals surface area contributed by atoms with Gasteiger partial charge in [0.15, 0.2) is 0 Å². The van der Waals surface area contributed by atoms with Gasteiger partial charge in [-0.15, -0.1) is 0 Å². The van der Waals surface area contributed by atoms with Crippen molar-refractivity contribution in [1.82, 2.24) is 19.6 Å². The maximum Gasteiger partial charge on any atom is 0.245 e. The van der Waals surface area contributed by atoms with Crippen molar-refractivity contribution < 1.29 is 13.7 Å². The number of imidazole rings is 1. The Labute approximate surface area is 143 Å². The standard InChI is InChI=1S/C18H17FN4O2/c1-12(23-8-6-20-11-23)18(24)22-7-5-16-15(10-22)17(21-25-16)13-3-2-4-14(19)9-13/h2-4,6,8-9,11-12H,5,7,10H2,1H3. The molecule has 4 rings (SSSR count). The lowest BCUT2D eigenvalue weighted by molar-refractivity contribution is -0.135. The molecule has 1 amide bonds. The van der Waals surface area contributed by atoms with E-state index in [4.69, 9.17) is 4.52 Å². The number of aromatic nitrogens is 3. The van der Waals surface area contributed by atoms with Crippen LogP contribution in [0.5, 0.6) is 0 Å². The van der Waals surface area contributed by atoms with Crippen molar-refractivity contribution in [1.29, 1.82) is 0 Å². The van der Waals surface area contributed by atoms with Crippen LogP contribution in [0, 0.1) is 5.82 Å². The molecule has 6 nitrogen and oxygen atoms in total. The summed E-state index contributed by atoms with van der Waals surface area (Å²) in [7, 11) is 0. The molecule has 0 fully saturated rings. The second-order valence-electron chi connectivity index (χ2n) is 6.14. The minimum Gasteiger partial charge on any atom is -0.360 e. The molecular formula is C18H17FN4O2. The lowest BCUT2D eigenvalue weighted by Gasteiger charge is -2.29. The predicted octanol–water partition coefficient (Wildman–Crippen LogP) is 2.82. The first-order chi connectivity index (χ1) is 12.1. The molecule has 0 spiro atoms. The minimum atomic E-state index is -0.332. The molecule has 0 N–H and O–H groups in total. The SMILES string of the molecule is CC(C(=O)N1CCc2onc(-c3cccc(F)c3)c2C1)n1ccnc1. The highest BCUT2D eigenvalue weighted by atomic mass is 19.1. The molecule has 2 aromatic heterocycles. The van der Waals surface area contributed by atoms with E-state index in [1.807, 2.05) is 6.92 Å². The number of nitrogens with zero attached hydrogens (tertiary/aromatic N) is 4. The summed E-state index contributed by atoms with van der Waals surface area (Å²) in [6.07, 6.45) is 5.66. The van der Waals surface area contributed by atoms with Crippen molar-refractivity contribution in [3.05, 3.63) is 60.1 Å². The van der Waals surface area contributed by atoms with Crippen molar-refractivity contribution in [2.24, 2.45) is 0 Å². The molecule has 0 radical (unpaired) electrons. The first-order valence-corrected chi connectivity index (χ1v) is 8.13. The van der Waals surface area contributed by atoms with Crippen LogP contribution in [0.25, 0.3) is 11.3 Å². The van der Waals surface area contributed by atoms with E-state index in [0.29, 0.717) is 30.8 Å². The van der Waals surface area contributed by atoms with E-state index in [2.05, 4.69) is 10.1 Å². The van der Waals surface area contributed by atoms with Gasteiger partial charge < -0.3 is 14.0 Å². The third-order valence-corrected chi connectivity index (χ3v) is 4.57. The van der Waals surface area contributed by atoms with Crippen LogP contribution in [0.3, 0.4) is 0 Å². The Balaban J connectivity index is 1.61. The van der Waals surface area contributed by atoms with Gasteiger partial charge in [-0.05, 0) is 19.1 Å². The zero-order chi connectivity index (χ0) is 17.4. The number of hydrogen-bond donors (Lipinski definition) is 0. The highest BCUT2D eigenvalue weighted by molar-refractivity contribution is 5.80. The smallest absolute Gasteiger partial charge is 0.245 e. The number of hydrogen-bond acceptors (Lipinski definition) is 4. The molecule has 3 aromatic rings. The summed E-state index contributed by atoms with van der Waals surface area (Å²) < 4.78 is 20.7. The third kappa shape index (κ3) is 2.82. The quantitative estimate of drug-likeness (QED) is 0.735. The van der Waals surface area contributed by atoms with Crippen molar-refractivity contribution >= 4 is 5.91 Å². The fourth-order valence-corrected chi connectivity index (χ4v) is 3.15. The molecule has 1 atom stereocenters. The Morgan fingerprint density at radius 2 is 2.28 bits per heavy atom. The van der Waals surface area contributed by atoms with Gasteiger partial charge in [0.1, 0.15) is 23.3 Å². The second kappa shape index (κ2) is 6.16. The molecule has 7 heteroatoms. The minimum absolute atomic E-state index is 0.00930. The van der Waals surface area contributed by atoms with Crippen molar-refractivity contribution in [3.63, 3.8) is 0 Å². The Bertz CT molecular complexity index is 904. The number of halogens is 1. The van der Waals surface area contributed by atoms with E-state index >= 15 is 0 Å². The first kappa shape index (κ1) is 15.6. The van der Waals surface area contributed by atoms with Gasteiger partial charge in [-0.25, -0.2) is 9.37 Å². The van der Waals surface area contributed by atoms with Crippen LogP contribution in [-0.2, 0) is 17.8 Å². The van der Waals surface area contributed by atoms with E-state index in [1.54, 1.807) is 40.3 Å². The number of rotatable bonds is 3. The fourth-order valence-electron chi connectivity index (χ4n) is 3.15. The highest BCUT2D eigenvalue weighted by Crippen LogP contribution is 2.31. The van der Waals surface area contributed by atoms with Gasteiger partial charge in [0.05, 0.1) is 12.9 Å². The van der Waals surface area contributed by atoms with Gasteiger partial charge in [0.25, 0.3) is 0 Å². The van der Waals surface area contributed by atoms with Crippen molar-refractivity contribution in [2.75, 3.05) is 6.54 Å². The van der Waals surface area contributed by atoms with Crippen LogP contribution in [-0.4, -0.2) is 32.1 Å². The van der Waals surface area contributed by atoms with Crippen molar-refractivity contribution in [2.45, 2.75) is 25.9 Å². The molecule has 1 aromatic carbocycles. The normalized spacial score (nSPS) is 15.0. The number of benzene rings is 1. The van der Waals surface area contributed by atoms with Crippen LogP contribution in [0.4, 0.5) is 4.39 Å². The largest absolute Gasteiger partial charge is 0.360 e. The molecule has 0 saturated heterocycles. The molecule has 3 heterocycles. The average molecular weight is 340 g/mol. The van der Waals surface area contributed by atoms with Crippen LogP contribution in [0.1, 0.15) is 24.3 Å². The van der Waals surface area contributed by atoms with Gasteiger partial charge in [-0.2, -0.15) is 0 Å².